The van der Waals surface area contributed by atoms with Gasteiger partial charge in [-0.15, -0.1) is 0 Å². The molecule has 1 aromatic carbocycles. The van der Waals surface area contributed by atoms with E-state index >= 15 is 0 Å². The highest BCUT2D eigenvalue weighted by Gasteiger charge is 2.41. The normalized spacial score (nSPS) is 27.1. The van der Waals surface area contributed by atoms with Gasteiger partial charge in [0, 0.05) is 51.0 Å². The van der Waals surface area contributed by atoms with Crippen molar-refractivity contribution >= 4 is 16.8 Å². The van der Waals surface area contributed by atoms with Crippen LogP contribution in [0.3, 0.4) is 0 Å². The molecule has 6 rings (SSSR count). The fourth-order valence-electron chi connectivity index (χ4n) is 5.12. The molecule has 2 aromatic rings. The topological polar surface area (TPSA) is 28.5 Å². The summed E-state index contributed by atoms with van der Waals surface area (Å²) in [4.78, 5) is 17.8. The number of fused-ring (bicyclic) bond motifs is 5. The van der Waals surface area contributed by atoms with Gasteiger partial charge in [-0.25, -0.2) is 0 Å². The molecule has 4 fully saturated rings. The zero-order valence-corrected chi connectivity index (χ0v) is 15.7. The summed E-state index contributed by atoms with van der Waals surface area (Å²) >= 11 is 0. The van der Waals surface area contributed by atoms with Gasteiger partial charge in [0.1, 0.15) is 0 Å². The summed E-state index contributed by atoms with van der Waals surface area (Å²) in [5.74, 6) is 1.42. The lowest BCUT2D eigenvalue weighted by Crippen LogP contribution is -2.50. The van der Waals surface area contributed by atoms with Crippen LogP contribution in [0.5, 0.6) is 0 Å². The fourth-order valence-corrected chi connectivity index (χ4v) is 5.12. The SMILES string of the molecule is Cn1ccc2ccc(CN3C[C@H]4CC[C@@H](C3)N(CC3CCC3)C4=O)cc21. The quantitative estimate of drug-likeness (QED) is 0.845. The van der Waals surface area contributed by atoms with Crippen molar-refractivity contribution in [3.8, 4) is 0 Å². The van der Waals surface area contributed by atoms with Crippen molar-refractivity contribution in [3.05, 3.63) is 36.0 Å². The fraction of sp³-hybridized carbons (Fsp3) is 0.591. The molecule has 4 nitrogen and oxygen atoms in total. The van der Waals surface area contributed by atoms with Crippen molar-refractivity contribution in [2.75, 3.05) is 19.6 Å². The van der Waals surface area contributed by atoms with E-state index in [9.17, 15) is 4.79 Å². The zero-order chi connectivity index (χ0) is 17.7. The summed E-state index contributed by atoms with van der Waals surface area (Å²) in [6.07, 6.45) is 8.39. The predicted octanol–water partition coefficient (Wildman–Crippen LogP) is 3.40. The summed E-state index contributed by atoms with van der Waals surface area (Å²) < 4.78 is 2.19. The van der Waals surface area contributed by atoms with E-state index in [1.807, 2.05) is 0 Å². The third-order valence-corrected chi connectivity index (χ3v) is 6.91. The smallest absolute Gasteiger partial charge is 0.227 e. The highest BCUT2D eigenvalue weighted by molar-refractivity contribution is 5.81. The van der Waals surface area contributed by atoms with Crippen LogP contribution in [-0.2, 0) is 18.4 Å². The first-order valence-electron chi connectivity index (χ1n) is 10.2. The Kier molecular flexibility index (Phi) is 4.04. The lowest BCUT2D eigenvalue weighted by molar-refractivity contribution is -0.141. The first-order valence-corrected chi connectivity index (χ1v) is 10.2. The molecule has 1 saturated carbocycles. The number of benzene rings is 1. The Morgan fingerprint density at radius 2 is 1.96 bits per heavy atom. The van der Waals surface area contributed by atoms with Gasteiger partial charge < -0.3 is 9.47 Å². The Morgan fingerprint density at radius 3 is 2.77 bits per heavy atom. The minimum Gasteiger partial charge on any atom is -0.351 e. The Balaban J connectivity index is 1.33. The van der Waals surface area contributed by atoms with E-state index in [1.165, 1.54) is 42.1 Å². The van der Waals surface area contributed by atoms with E-state index in [-0.39, 0.29) is 5.92 Å². The van der Waals surface area contributed by atoms with E-state index in [0.717, 1.165) is 38.5 Å². The summed E-state index contributed by atoms with van der Waals surface area (Å²) in [6.45, 7) is 3.95. The Labute approximate surface area is 155 Å². The van der Waals surface area contributed by atoms with Gasteiger partial charge >= 0.3 is 0 Å². The van der Waals surface area contributed by atoms with Gasteiger partial charge in [0.05, 0.1) is 5.92 Å². The predicted molar refractivity (Wildman–Crippen MR) is 104 cm³/mol. The molecule has 3 saturated heterocycles. The summed E-state index contributed by atoms with van der Waals surface area (Å²) in [5, 5.41) is 1.30. The van der Waals surface area contributed by atoms with E-state index in [4.69, 9.17) is 0 Å². The number of hydrogen-bond acceptors (Lipinski definition) is 2. The van der Waals surface area contributed by atoms with E-state index in [2.05, 4.69) is 51.9 Å². The maximum Gasteiger partial charge on any atom is 0.227 e. The molecule has 2 atom stereocenters. The summed E-state index contributed by atoms with van der Waals surface area (Å²) in [6, 6.07) is 9.40. The first kappa shape index (κ1) is 16.4. The van der Waals surface area contributed by atoms with Crippen LogP contribution in [0, 0.1) is 11.8 Å². The molecular formula is C22H29N3O. The molecule has 0 N–H and O–H groups in total. The number of aromatic nitrogens is 1. The van der Waals surface area contributed by atoms with Crippen LogP contribution in [0.15, 0.2) is 30.5 Å². The van der Waals surface area contributed by atoms with Gasteiger partial charge in [0.15, 0.2) is 0 Å². The highest BCUT2D eigenvalue weighted by Crippen LogP contribution is 2.34. The third-order valence-electron chi connectivity index (χ3n) is 6.91. The molecule has 0 radical (unpaired) electrons. The molecule has 1 aliphatic carbocycles. The van der Waals surface area contributed by atoms with Gasteiger partial charge in [-0.3, -0.25) is 9.69 Å². The molecular weight excluding hydrogens is 322 g/mol. The Hall–Kier alpha value is -1.81. The average Bonchev–Trinajstić information content (AvgIpc) is 2.77. The third kappa shape index (κ3) is 2.84. The molecule has 0 unspecified atom stereocenters. The van der Waals surface area contributed by atoms with Gasteiger partial charge in [-0.1, -0.05) is 18.6 Å². The van der Waals surface area contributed by atoms with Crippen LogP contribution < -0.4 is 0 Å². The second-order valence-corrected chi connectivity index (χ2v) is 8.73. The Morgan fingerprint density at radius 1 is 1.08 bits per heavy atom. The molecule has 26 heavy (non-hydrogen) atoms. The van der Waals surface area contributed by atoms with Crippen molar-refractivity contribution in [1.82, 2.24) is 14.4 Å². The molecule has 0 spiro atoms. The Bertz CT molecular complexity index is 822. The lowest BCUT2D eigenvalue weighted by atomic mass is 9.83. The van der Waals surface area contributed by atoms with Crippen LogP contribution in [0.4, 0.5) is 0 Å². The minimum absolute atomic E-state index is 0.215. The molecule has 1 aromatic heterocycles. The van der Waals surface area contributed by atoms with Crippen LogP contribution in [-0.4, -0.2) is 46.0 Å². The molecule has 2 bridgehead atoms. The average molecular weight is 351 g/mol. The van der Waals surface area contributed by atoms with Gasteiger partial charge in [0.2, 0.25) is 5.91 Å². The van der Waals surface area contributed by atoms with Crippen molar-refractivity contribution in [3.63, 3.8) is 0 Å². The van der Waals surface area contributed by atoms with Crippen LogP contribution >= 0.6 is 0 Å². The zero-order valence-electron chi connectivity index (χ0n) is 15.7. The highest BCUT2D eigenvalue weighted by atomic mass is 16.2. The number of aryl methyl sites for hydroxylation is 1. The molecule has 138 valence electrons. The standard InChI is InChI=1S/C22H29N3O/c1-23-10-9-18-6-5-17(11-21(18)23)12-24-14-19-7-8-20(15-24)25(22(19)26)13-16-3-2-4-16/h5-6,9-11,16,19-20H,2-4,7-8,12-15H2,1H3/t19-,20+/m1/s1. The number of amides is 1. The number of hydrogen-bond donors (Lipinski definition) is 0. The number of piperidine rings is 1. The number of carbonyl (C=O) groups excluding carboxylic acids is 1. The molecule has 4 heterocycles. The van der Waals surface area contributed by atoms with Crippen LogP contribution in [0.2, 0.25) is 0 Å². The van der Waals surface area contributed by atoms with Crippen molar-refractivity contribution in [1.29, 1.82) is 0 Å². The second-order valence-electron chi connectivity index (χ2n) is 8.73. The number of carbonyl (C=O) groups is 1. The first-order chi connectivity index (χ1) is 12.7. The van der Waals surface area contributed by atoms with E-state index in [0.29, 0.717) is 11.9 Å². The number of rotatable bonds is 4. The lowest BCUT2D eigenvalue weighted by Gasteiger charge is -2.40. The van der Waals surface area contributed by atoms with Crippen LogP contribution in [0.1, 0.15) is 37.7 Å². The maximum absolute atomic E-state index is 13.0. The van der Waals surface area contributed by atoms with Gasteiger partial charge in [-0.2, -0.15) is 0 Å². The molecule has 3 aliphatic heterocycles. The molecule has 4 heteroatoms. The van der Waals surface area contributed by atoms with Crippen molar-refractivity contribution < 1.29 is 4.79 Å². The largest absolute Gasteiger partial charge is 0.351 e. The minimum atomic E-state index is 0.215. The second kappa shape index (κ2) is 6.41. The van der Waals surface area contributed by atoms with Crippen molar-refractivity contribution in [2.45, 2.75) is 44.7 Å². The summed E-state index contributed by atoms with van der Waals surface area (Å²) in [7, 11) is 2.11. The van der Waals surface area contributed by atoms with Gasteiger partial charge in [-0.05, 0) is 54.7 Å². The van der Waals surface area contributed by atoms with E-state index in [1.54, 1.807) is 0 Å². The monoisotopic (exact) mass is 351 g/mol. The van der Waals surface area contributed by atoms with Gasteiger partial charge in [0.25, 0.3) is 0 Å². The van der Waals surface area contributed by atoms with Crippen molar-refractivity contribution in [2.24, 2.45) is 18.9 Å². The summed E-state index contributed by atoms with van der Waals surface area (Å²) in [5.41, 5.74) is 2.65. The molecule has 4 aliphatic rings. The van der Waals surface area contributed by atoms with Crippen LogP contribution in [0.25, 0.3) is 10.9 Å². The number of nitrogens with zero attached hydrogens (tertiary/aromatic N) is 3. The van der Waals surface area contributed by atoms with E-state index < -0.39 is 0 Å². The maximum atomic E-state index is 13.0. The molecule has 1 amide bonds.